The molecule has 0 saturated heterocycles. The van der Waals surface area contributed by atoms with Crippen LogP contribution in [0.3, 0.4) is 0 Å². The zero-order valence-corrected chi connectivity index (χ0v) is 25.2. The third kappa shape index (κ3) is 7.20. The van der Waals surface area contributed by atoms with Crippen molar-refractivity contribution in [2.75, 3.05) is 26.4 Å². The van der Waals surface area contributed by atoms with Gasteiger partial charge < -0.3 is 18.9 Å². The number of esters is 4. The summed E-state index contributed by atoms with van der Waals surface area (Å²) in [5.74, 6) is -2.42. The highest BCUT2D eigenvalue weighted by molar-refractivity contribution is 6.02. The molecule has 8 nitrogen and oxygen atoms in total. The average molecular weight is 557 g/mol. The van der Waals surface area contributed by atoms with Crippen LogP contribution in [0.4, 0.5) is 0 Å². The van der Waals surface area contributed by atoms with Crippen LogP contribution in [-0.2, 0) is 38.1 Å². The van der Waals surface area contributed by atoms with Gasteiger partial charge in [0, 0.05) is 0 Å². The third-order valence-electron chi connectivity index (χ3n) is 6.87. The van der Waals surface area contributed by atoms with Gasteiger partial charge in [-0.25, -0.2) is 0 Å². The molecule has 40 heavy (non-hydrogen) atoms. The number of ether oxygens (including phenoxy) is 4. The van der Waals surface area contributed by atoms with Crippen LogP contribution in [-0.4, -0.2) is 50.3 Å². The minimum atomic E-state index is -1.47. The lowest BCUT2D eigenvalue weighted by molar-refractivity contribution is -0.173. The van der Waals surface area contributed by atoms with Gasteiger partial charge in [-0.1, -0.05) is 35.5 Å². The standard InChI is InChI=1S/C32H44O8/c1-9-37-27(33)31(28(34)38-10-2)17-23(25(19-31)15-21(5)6)13-14-24-18-32(29(35)39-11-3,30(36)40-12-4)20-26(24)16-22(7)8/h13-16H,9-12,17-20H2,1-8H3/b14-13+. The van der Waals surface area contributed by atoms with Crippen molar-refractivity contribution >= 4 is 23.9 Å². The van der Waals surface area contributed by atoms with Gasteiger partial charge in [-0.15, -0.1) is 0 Å². The van der Waals surface area contributed by atoms with Crippen molar-refractivity contribution in [1.29, 1.82) is 0 Å². The highest BCUT2D eigenvalue weighted by atomic mass is 16.6. The Bertz CT molecular complexity index is 1030. The third-order valence-corrected chi connectivity index (χ3v) is 6.87. The summed E-state index contributed by atoms with van der Waals surface area (Å²) in [5.41, 5.74) is 2.33. The van der Waals surface area contributed by atoms with E-state index in [0.29, 0.717) is 0 Å². The minimum absolute atomic E-state index is 0.117. The fraction of sp³-hybridized carbons (Fsp3) is 0.562. The van der Waals surface area contributed by atoms with Gasteiger partial charge in [0.25, 0.3) is 0 Å². The van der Waals surface area contributed by atoms with Gasteiger partial charge in [0.1, 0.15) is 0 Å². The largest absolute Gasteiger partial charge is 0.465 e. The molecular weight excluding hydrogens is 512 g/mol. The zero-order valence-electron chi connectivity index (χ0n) is 25.2. The molecule has 0 aromatic heterocycles. The van der Waals surface area contributed by atoms with Crippen LogP contribution >= 0.6 is 0 Å². The van der Waals surface area contributed by atoms with E-state index in [4.69, 9.17) is 18.9 Å². The van der Waals surface area contributed by atoms with Crippen LogP contribution in [0.1, 0.15) is 81.1 Å². The van der Waals surface area contributed by atoms with Crippen LogP contribution in [0.25, 0.3) is 0 Å². The molecule has 0 aliphatic heterocycles. The van der Waals surface area contributed by atoms with Crippen molar-refractivity contribution in [3.05, 3.63) is 57.7 Å². The Morgan fingerprint density at radius 2 is 0.775 bits per heavy atom. The molecule has 8 heteroatoms. The monoisotopic (exact) mass is 556 g/mol. The zero-order chi connectivity index (χ0) is 30.1. The van der Waals surface area contributed by atoms with Crippen molar-refractivity contribution in [2.45, 2.75) is 81.1 Å². The molecule has 0 heterocycles. The predicted octanol–water partition coefficient (Wildman–Crippen LogP) is 5.88. The van der Waals surface area contributed by atoms with E-state index in [-0.39, 0.29) is 52.1 Å². The van der Waals surface area contributed by atoms with Gasteiger partial charge in [0.2, 0.25) is 0 Å². The van der Waals surface area contributed by atoms with E-state index in [9.17, 15) is 19.2 Å². The van der Waals surface area contributed by atoms with Gasteiger partial charge >= 0.3 is 23.9 Å². The Balaban J connectivity index is 2.61. The van der Waals surface area contributed by atoms with E-state index in [1.54, 1.807) is 27.7 Å². The molecule has 0 aromatic rings. The molecule has 2 aliphatic carbocycles. The molecule has 0 unspecified atom stereocenters. The number of carbonyl (C=O) groups excluding carboxylic acids is 4. The molecule has 0 spiro atoms. The molecule has 0 aromatic carbocycles. The fourth-order valence-corrected chi connectivity index (χ4v) is 5.22. The average Bonchev–Trinajstić information content (AvgIpc) is 3.42. The van der Waals surface area contributed by atoms with Crippen LogP contribution in [0, 0.1) is 10.8 Å². The summed E-state index contributed by atoms with van der Waals surface area (Å²) in [6, 6.07) is 0. The van der Waals surface area contributed by atoms with E-state index < -0.39 is 34.7 Å². The molecule has 0 bridgehead atoms. The quantitative estimate of drug-likeness (QED) is 0.167. The normalized spacial score (nSPS) is 17.5. The lowest BCUT2D eigenvalue weighted by atomic mass is 9.83. The van der Waals surface area contributed by atoms with Crippen LogP contribution in [0.15, 0.2) is 57.7 Å². The van der Waals surface area contributed by atoms with E-state index in [1.165, 1.54) is 0 Å². The van der Waals surface area contributed by atoms with Crippen molar-refractivity contribution in [3.63, 3.8) is 0 Å². The lowest BCUT2D eigenvalue weighted by Crippen LogP contribution is -2.40. The summed E-state index contributed by atoms with van der Waals surface area (Å²) in [5, 5.41) is 0. The van der Waals surface area contributed by atoms with Crippen molar-refractivity contribution < 1.29 is 38.1 Å². The first-order chi connectivity index (χ1) is 18.9. The number of hydrogen-bond donors (Lipinski definition) is 0. The Kier molecular flexibility index (Phi) is 11.7. The Morgan fingerprint density at radius 1 is 0.525 bits per heavy atom. The van der Waals surface area contributed by atoms with Crippen LogP contribution in [0.2, 0.25) is 0 Å². The second-order valence-electron chi connectivity index (χ2n) is 10.6. The highest BCUT2D eigenvalue weighted by Gasteiger charge is 2.54. The van der Waals surface area contributed by atoms with Gasteiger partial charge in [0.05, 0.1) is 26.4 Å². The van der Waals surface area contributed by atoms with Crippen molar-refractivity contribution in [1.82, 2.24) is 0 Å². The maximum atomic E-state index is 13.1. The molecule has 0 atom stereocenters. The summed E-state index contributed by atoms with van der Waals surface area (Å²) in [6.07, 6.45) is 8.21. The first kappa shape index (κ1) is 32.8. The van der Waals surface area contributed by atoms with E-state index >= 15 is 0 Å². The van der Waals surface area contributed by atoms with Crippen molar-refractivity contribution in [3.8, 4) is 0 Å². The van der Waals surface area contributed by atoms with Crippen LogP contribution < -0.4 is 0 Å². The molecule has 2 aliphatic rings. The lowest BCUT2D eigenvalue weighted by Gasteiger charge is -2.25. The first-order valence-electron chi connectivity index (χ1n) is 14.0. The van der Waals surface area contributed by atoms with E-state index in [0.717, 1.165) is 33.4 Å². The van der Waals surface area contributed by atoms with E-state index in [2.05, 4.69) is 0 Å². The topological polar surface area (TPSA) is 105 Å². The number of allylic oxidation sites excluding steroid dienone is 10. The molecule has 0 fully saturated rings. The Hall–Kier alpha value is -3.42. The van der Waals surface area contributed by atoms with Crippen molar-refractivity contribution in [2.24, 2.45) is 10.8 Å². The smallest absolute Gasteiger partial charge is 0.324 e. The first-order valence-corrected chi connectivity index (χ1v) is 14.0. The summed E-state index contributed by atoms with van der Waals surface area (Å²) >= 11 is 0. The van der Waals surface area contributed by atoms with Gasteiger partial charge in [-0.2, -0.15) is 0 Å². The summed E-state index contributed by atoms with van der Waals surface area (Å²) in [6.45, 7) is 15.2. The fourth-order valence-electron chi connectivity index (χ4n) is 5.22. The minimum Gasteiger partial charge on any atom is -0.465 e. The molecular formula is C32H44O8. The van der Waals surface area contributed by atoms with Crippen LogP contribution in [0.5, 0.6) is 0 Å². The molecule has 0 saturated carbocycles. The second-order valence-corrected chi connectivity index (χ2v) is 10.6. The maximum Gasteiger partial charge on any atom is 0.324 e. The molecule has 0 amide bonds. The number of rotatable bonds is 12. The summed E-state index contributed by atoms with van der Waals surface area (Å²) in [7, 11) is 0. The molecule has 0 N–H and O–H groups in total. The molecule has 2 rings (SSSR count). The molecule has 220 valence electrons. The maximum absolute atomic E-state index is 13.1. The Morgan fingerprint density at radius 3 is 1.00 bits per heavy atom. The number of carbonyl (C=O) groups is 4. The predicted molar refractivity (Wildman–Crippen MR) is 152 cm³/mol. The van der Waals surface area contributed by atoms with Gasteiger partial charge in [0.15, 0.2) is 10.8 Å². The second kappa shape index (κ2) is 14.3. The van der Waals surface area contributed by atoms with Gasteiger partial charge in [-0.3, -0.25) is 19.2 Å². The van der Waals surface area contributed by atoms with Gasteiger partial charge in [-0.05, 0) is 103 Å². The summed E-state index contributed by atoms with van der Waals surface area (Å²) in [4.78, 5) is 52.6. The van der Waals surface area contributed by atoms with E-state index in [1.807, 2.05) is 52.0 Å². The molecule has 0 radical (unpaired) electrons. The summed E-state index contributed by atoms with van der Waals surface area (Å²) < 4.78 is 21.3. The Labute approximate surface area is 238 Å². The SMILES string of the molecule is CCOC(=O)C1(C(=O)OCC)CC(C=C(C)C)=C(/C=C/C2=C(C=C(C)C)CC(C(=O)OCC)(C(=O)OCC)C2)C1. The number of hydrogen-bond acceptors (Lipinski definition) is 8. The highest BCUT2D eigenvalue weighted by Crippen LogP contribution is 2.48.